The van der Waals surface area contributed by atoms with Crippen molar-refractivity contribution in [1.29, 1.82) is 0 Å². The van der Waals surface area contributed by atoms with Gasteiger partial charge in [0.1, 0.15) is 0 Å². The first-order valence-corrected chi connectivity index (χ1v) is 10.2. The van der Waals surface area contributed by atoms with Crippen molar-refractivity contribution in [3.63, 3.8) is 0 Å². The molecule has 5 heteroatoms. The summed E-state index contributed by atoms with van der Waals surface area (Å²) in [5.41, 5.74) is 5.35. The SMILES string of the molecule is NNC(=O)c1cccc(SCc2ccccc2)c1SCc1ccccc1. The van der Waals surface area contributed by atoms with Crippen molar-refractivity contribution in [2.75, 3.05) is 0 Å². The molecule has 3 N–H and O–H groups in total. The lowest BCUT2D eigenvalue weighted by Gasteiger charge is -2.13. The fourth-order valence-electron chi connectivity index (χ4n) is 2.50. The van der Waals surface area contributed by atoms with Gasteiger partial charge in [-0.1, -0.05) is 66.7 Å². The van der Waals surface area contributed by atoms with Crippen LogP contribution in [0.15, 0.2) is 88.7 Å². The number of carbonyl (C=O) groups is 1. The van der Waals surface area contributed by atoms with E-state index in [1.165, 1.54) is 11.1 Å². The number of hydrazine groups is 1. The van der Waals surface area contributed by atoms with Gasteiger partial charge in [0.2, 0.25) is 0 Å². The first-order chi connectivity index (χ1) is 12.8. The third-order valence-corrected chi connectivity index (χ3v) is 6.28. The number of hydrogen-bond acceptors (Lipinski definition) is 4. The van der Waals surface area contributed by atoms with Crippen molar-refractivity contribution in [1.82, 2.24) is 5.43 Å². The fraction of sp³-hybridized carbons (Fsp3) is 0.0952. The molecular weight excluding hydrogens is 360 g/mol. The van der Waals surface area contributed by atoms with Crippen LogP contribution in [-0.2, 0) is 11.5 Å². The monoisotopic (exact) mass is 380 g/mol. The van der Waals surface area contributed by atoms with Crippen LogP contribution >= 0.6 is 23.5 Å². The van der Waals surface area contributed by atoms with Gasteiger partial charge in [0, 0.05) is 21.3 Å². The van der Waals surface area contributed by atoms with Crippen LogP contribution in [-0.4, -0.2) is 5.91 Å². The summed E-state index contributed by atoms with van der Waals surface area (Å²) >= 11 is 3.40. The minimum absolute atomic E-state index is 0.261. The Labute approximate surface area is 162 Å². The maximum absolute atomic E-state index is 12.2. The molecule has 0 radical (unpaired) electrons. The standard InChI is InChI=1S/C21H20N2OS2/c22-23-21(24)18-12-7-13-19(25-14-16-8-3-1-4-9-16)20(18)26-15-17-10-5-2-6-11-17/h1-13H,14-15,22H2,(H,23,24). The lowest BCUT2D eigenvalue weighted by atomic mass is 10.2. The van der Waals surface area contributed by atoms with Gasteiger partial charge in [-0.05, 0) is 23.3 Å². The molecular formula is C21H20N2OS2. The predicted octanol–water partition coefficient (Wildman–Crippen LogP) is 4.87. The number of thioether (sulfide) groups is 2. The summed E-state index contributed by atoms with van der Waals surface area (Å²) in [5.74, 6) is 6.77. The van der Waals surface area contributed by atoms with Crippen molar-refractivity contribution in [2.45, 2.75) is 21.3 Å². The number of nitrogen functional groups attached to an aromatic ring is 1. The number of nitrogens with one attached hydrogen (secondary N) is 1. The lowest BCUT2D eigenvalue weighted by Crippen LogP contribution is -2.30. The van der Waals surface area contributed by atoms with Crippen LogP contribution in [0.3, 0.4) is 0 Å². The molecule has 0 aliphatic rings. The van der Waals surface area contributed by atoms with E-state index >= 15 is 0 Å². The molecule has 0 aliphatic carbocycles. The molecule has 0 bridgehead atoms. The molecule has 1 amide bonds. The van der Waals surface area contributed by atoms with E-state index in [9.17, 15) is 4.79 Å². The normalized spacial score (nSPS) is 10.5. The van der Waals surface area contributed by atoms with Crippen molar-refractivity contribution >= 4 is 29.4 Å². The Morgan fingerprint density at radius 2 is 1.35 bits per heavy atom. The summed E-state index contributed by atoms with van der Waals surface area (Å²) in [6.45, 7) is 0. The molecule has 0 aliphatic heterocycles. The summed E-state index contributed by atoms with van der Waals surface area (Å²) in [5, 5.41) is 0. The van der Waals surface area contributed by atoms with Gasteiger partial charge in [0.05, 0.1) is 5.56 Å². The van der Waals surface area contributed by atoms with Gasteiger partial charge >= 0.3 is 0 Å². The van der Waals surface area contributed by atoms with Gasteiger partial charge in [-0.2, -0.15) is 0 Å². The van der Waals surface area contributed by atoms with Crippen molar-refractivity contribution in [3.8, 4) is 0 Å². The first-order valence-electron chi connectivity index (χ1n) is 8.25. The lowest BCUT2D eigenvalue weighted by molar-refractivity contribution is 0.0950. The Balaban J connectivity index is 1.83. The number of hydrogen-bond donors (Lipinski definition) is 2. The molecule has 0 fully saturated rings. The van der Waals surface area contributed by atoms with Gasteiger partial charge in [0.25, 0.3) is 5.91 Å². The van der Waals surface area contributed by atoms with Gasteiger partial charge in [-0.15, -0.1) is 23.5 Å². The Bertz CT molecular complexity index is 854. The topological polar surface area (TPSA) is 55.1 Å². The predicted molar refractivity (Wildman–Crippen MR) is 110 cm³/mol. The fourth-order valence-corrected chi connectivity index (χ4v) is 4.81. The van der Waals surface area contributed by atoms with Crippen LogP contribution in [0.2, 0.25) is 0 Å². The highest BCUT2D eigenvalue weighted by atomic mass is 32.2. The molecule has 3 aromatic carbocycles. The van der Waals surface area contributed by atoms with Crippen LogP contribution in [0.4, 0.5) is 0 Å². The maximum atomic E-state index is 12.2. The number of nitrogens with two attached hydrogens (primary N) is 1. The quantitative estimate of drug-likeness (QED) is 0.266. The van der Waals surface area contributed by atoms with E-state index in [0.717, 1.165) is 21.3 Å². The Morgan fingerprint density at radius 1 is 0.769 bits per heavy atom. The average Bonchev–Trinajstić information content (AvgIpc) is 2.71. The Hall–Kier alpha value is -2.21. The number of rotatable bonds is 7. The summed E-state index contributed by atoms with van der Waals surface area (Å²) < 4.78 is 0. The highest BCUT2D eigenvalue weighted by molar-refractivity contribution is 8.01. The molecule has 0 saturated carbocycles. The van der Waals surface area contributed by atoms with Gasteiger partial charge in [-0.25, -0.2) is 5.84 Å². The number of amides is 1. The zero-order valence-corrected chi connectivity index (χ0v) is 15.9. The second-order valence-corrected chi connectivity index (χ2v) is 7.66. The van der Waals surface area contributed by atoms with E-state index in [-0.39, 0.29) is 5.91 Å². The Morgan fingerprint density at radius 3 is 1.92 bits per heavy atom. The van der Waals surface area contributed by atoms with E-state index in [2.05, 4.69) is 35.8 Å². The van der Waals surface area contributed by atoms with E-state index < -0.39 is 0 Å². The van der Waals surface area contributed by atoms with Crippen LogP contribution < -0.4 is 11.3 Å². The van der Waals surface area contributed by atoms with E-state index in [4.69, 9.17) is 5.84 Å². The van der Waals surface area contributed by atoms with Gasteiger partial charge < -0.3 is 0 Å². The highest BCUT2D eigenvalue weighted by Crippen LogP contribution is 2.37. The minimum atomic E-state index is -0.261. The number of benzene rings is 3. The zero-order chi connectivity index (χ0) is 18.2. The molecule has 3 nitrogen and oxygen atoms in total. The van der Waals surface area contributed by atoms with Crippen LogP contribution in [0, 0.1) is 0 Å². The van der Waals surface area contributed by atoms with Crippen LogP contribution in [0.25, 0.3) is 0 Å². The molecule has 0 spiro atoms. The van der Waals surface area contributed by atoms with E-state index in [1.807, 2.05) is 48.5 Å². The van der Waals surface area contributed by atoms with Gasteiger partial charge in [0.15, 0.2) is 0 Å². The van der Waals surface area contributed by atoms with E-state index in [0.29, 0.717) is 5.56 Å². The molecule has 0 aromatic heterocycles. The average molecular weight is 381 g/mol. The first kappa shape index (κ1) is 18.6. The highest BCUT2D eigenvalue weighted by Gasteiger charge is 2.15. The zero-order valence-electron chi connectivity index (χ0n) is 14.2. The second kappa shape index (κ2) is 9.48. The molecule has 132 valence electrons. The van der Waals surface area contributed by atoms with Crippen molar-refractivity contribution in [2.24, 2.45) is 5.84 Å². The minimum Gasteiger partial charge on any atom is -0.290 e. The largest absolute Gasteiger partial charge is 0.290 e. The third-order valence-electron chi connectivity index (χ3n) is 3.82. The van der Waals surface area contributed by atoms with Crippen LogP contribution in [0.1, 0.15) is 21.5 Å². The second-order valence-electron chi connectivity index (χ2n) is 5.65. The van der Waals surface area contributed by atoms with Gasteiger partial charge in [-0.3, -0.25) is 10.2 Å². The Kier molecular flexibility index (Phi) is 6.77. The summed E-state index contributed by atoms with van der Waals surface area (Å²) in [6, 6.07) is 26.4. The summed E-state index contributed by atoms with van der Waals surface area (Å²) in [6.07, 6.45) is 0. The molecule has 3 aromatic rings. The van der Waals surface area contributed by atoms with Crippen molar-refractivity contribution in [3.05, 3.63) is 95.6 Å². The smallest absolute Gasteiger partial charge is 0.266 e. The molecule has 0 saturated heterocycles. The van der Waals surface area contributed by atoms with Crippen LogP contribution in [0.5, 0.6) is 0 Å². The molecule has 0 heterocycles. The van der Waals surface area contributed by atoms with Crippen molar-refractivity contribution < 1.29 is 4.79 Å². The molecule has 3 rings (SSSR count). The number of carbonyl (C=O) groups excluding carboxylic acids is 1. The molecule has 0 atom stereocenters. The summed E-state index contributed by atoms with van der Waals surface area (Å²) in [7, 11) is 0. The molecule has 26 heavy (non-hydrogen) atoms. The maximum Gasteiger partial charge on any atom is 0.266 e. The van der Waals surface area contributed by atoms with E-state index in [1.54, 1.807) is 23.5 Å². The summed E-state index contributed by atoms with van der Waals surface area (Å²) in [4.78, 5) is 14.3. The molecule has 0 unspecified atom stereocenters. The third kappa shape index (κ3) is 4.91.